The number of rotatable bonds is 0. The molecule has 3 aliphatic heterocycles. The second kappa shape index (κ2) is 3.74. The number of benzene rings is 1. The molecule has 2 fully saturated rings. The van der Waals surface area contributed by atoms with E-state index in [9.17, 15) is 8.42 Å². The molecule has 1 aromatic carbocycles. The number of hydrogen-bond acceptors (Lipinski definition) is 4. The normalized spacial score (nSPS) is 31.6. The van der Waals surface area contributed by atoms with Gasteiger partial charge < -0.3 is 9.47 Å². The zero-order valence-corrected chi connectivity index (χ0v) is 11.5. The van der Waals surface area contributed by atoms with E-state index in [1.54, 1.807) is 18.2 Å². The summed E-state index contributed by atoms with van der Waals surface area (Å²) < 4.78 is 35.0. The van der Waals surface area contributed by atoms with Crippen LogP contribution in [0.3, 0.4) is 0 Å². The van der Waals surface area contributed by atoms with E-state index in [2.05, 4.69) is 4.85 Å². The van der Waals surface area contributed by atoms with Gasteiger partial charge in [-0.05, 0) is 12.1 Å². The standard InChI is InChI=1S/C14H13NO4S/c1-15-9-2-3-11-10(8-9)12-13(18-12)14(19-11)4-6-20(16,17)7-5-14/h2-3,8,12-13H,4-7H2/t12-,13?/m0/s1. The Hall–Kier alpha value is -1.58. The van der Waals surface area contributed by atoms with Crippen molar-refractivity contribution in [1.29, 1.82) is 0 Å². The van der Waals surface area contributed by atoms with Crippen molar-refractivity contribution in [3.05, 3.63) is 35.2 Å². The molecule has 20 heavy (non-hydrogen) atoms. The Balaban J connectivity index is 1.70. The number of ether oxygens (including phenoxy) is 2. The minimum atomic E-state index is -2.93. The molecule has 2 saturated heterocycles. The van der Waals surface area contributed by atoms with Crippen molar-refractivity contribution in [2.24, 2.45) is 0 Å². The average molecular weight is 291 g/mol. The van der Waals surface area contributed by atoms with Gasteiger partial charge in [0.25, 0.3) is 0 Å². The zero-order valence-electron chi connectivity index (χ0n) is 10.7. The molecular formula is C14H13NO4S. The van der Waals surface area contributed by atoms with Gasteiger partial charge >= 0.3 is 0 Å². The molecule has 0 saturated carbocycles. The fraction of sp³-hybridized carbons (Fsp3) is 0.500. The summed E-state index contributed by atoms with van der Waals surface area (Å²) in [7, 11) is -2.93. The SMILES string of the molecule is [C-]#[N+]c1ccc2c(c1)[C@@H]1OC1C1(CCS(=O)(=O)CC1)O2. The van der Waals surface area contributed by atoms with Crippen LogP contribution >= 0.6 is 0 Å². The van der Waals surface area contributed by atoms with Crippen molar-refractivity contribution in [3.8, 4) is 5.75 Å². The molecule has 3 heterocycles. The van der Waals surface area contributed by atoms with Gasteiger partial charge in [0.15, 0.2) is 15.5 Å². The molecule has 0 radical (unpaired) electrons. The van der Waals surface area contributed by atoms with Crippen LogP contribution in [0.4, 0.5) is 5.69 Å². The molecule has 0 aliphatic carbocycles. The van der Waals surface area contributed by atoms with Gasteiger partial charge in [-0.2, -0.15) is 0 Å². The van der Waals surface area contributed by atoms with Crippen LogP contribution in [0.15, 0.2) is 18.2 Å². The first-order valence-corrected chi connectivity index (χ1v) is 8.41. The van der Waals surface area contributed by atoms with Crippen LogP contribution in [0.5, 0.6) is 5.75 Å². The lowest BCUT2D eigenvalue weighted by molar-refractivity contribution is 0.0259. The van der Waals surface area contributed by atoms with Crippen LogP contribution in [0.1, 0.15) is 24.5 Å². The van der Waals surface area contributed by atoms with Crippen molar-refractivity contribution >= 4 is 15.5 Å². The average Bonchev–Trinajstić information content (AvgIpc) is 3.23. The number of hydrogen-bond donors (Lipinski definition) is 0. The van der Waals surface area contributed by atoms with Crippen LogP contribution in [0, 0.1) is 6.57 Å². The van der Waals surface area contributed by atoms with Crippen LogP contribution in [-0.2, 0) is 14.6 Å². The number of nitrogens with zero attached hydrogens (tertiary/aromatic N) is 1. The highest BCUT2D eigenvalue weighted by Crippen LogP contribution is 2.57. The van der Waals surface area contributed by atoms with E-state index in [1.807, 2.05) is 0 Å². The quantitative estimate of drug-likeness (QED) is 0.542. The van der Waals surface area contributed by atoms with Gasteiger partial charge in [0, 0.05) is 18.4 Å². The Morgan fingerprint density at radius 1 is 1.30 bits per heavy atom. The maximum atomic E-state index is 11.6. The molecule has 1 aromatic rings. The van der Waals surface area contributed by atoms with Crippen molar-refractivity contribution in [2.45, 2.75) is 30.7 Å². The molecule has 3 aliphatic rings. The lowest BCUT2D eigenvalue weighted by atomic mass is 9.86. The Labute approximate surface area is 117 Å². The first kappa shape index (κ1) is 12.2. The van der Waals surface area contributed by atoms with Gasteiger partial charge in [0.1, 0.15) is 23.6 Å². The van der Waals surface area contributed by atoms with E-state index >= 15 is 0 Å². The number of sulfone groups is 1. The number of epoxide rings is 1. The van der Waals surface area contributed by atoms with Gasteiger partial charge in [-0.3, -0.25) is 0 Å². The maximum Gasteiger partial charge on any atom is 0.187 e. The third kappa shape index (κ3) is 1.67. The molecule has 2 atom stereocenters. The molecule has 0 amide bonds. The highest BCUT2D eigenvalue weighted by atomic mass is 32.2. The Kier molecular flexibility index (Phi) is 2.28. The maximum absolute atomic E-state index is 11.6. The van der Waals surface area contributed by atoms with Gasteiger partial charge in [-0.15, -0.1) is 0 Å². The fourth-order valence-corrected chi connectivity index (χ4v) is 4.73. The third-order valence-corrected chi connectivity index (χ3v) is 6.08. The number of fused-ring (bicyclic) bond motifs is 4. The highest BCUT2D eigenvalue weighted by molar-refractivity contribution is 7.91. The largest absolute Gasteiger partial charge is 0.484 e. The van der Waals surface area contributed by atoms with Gasteiger partial charge in [0.05, 0.1) is 18.1 Å². The van der Waals surface area contributed by atoms with Crippen molar-refractivity contribution in [3.63, 3.8) is 0 Å². The van der Waals surface area contributed by atoms with E-state index in [-0.39, 0.29) is 23.7 Å². The summed E-state index contributed by atoms with van der Waals surface area (Å²) in [4.78, 5) is 3.41. The summed E-state index contributed by atoms with van der Waals surface area (Å²) in [6.07, 6.45) is 0.869. The molecule has 104 valence electrons. The van der Waals surface area contributed by atoms with Gasteiger partial charge in [-0.1, -0.05) is 6.07 Å². The summed E-state index contributed by atoms with van der Waals surface area (Å²) in [6.45, 7) is 7.05. The van der Waals surface area contributed by atoms with Crippen molar-refractivity contribution in [2.75, 3.05) is 11.5 Å². The van der Waals surface area contributed by atoms with Crippen molar-refractivity contribution in [1.82, 2.24) is 0 Å². The Bertz CT molecular complexity index is 720. The molecule has 5 nitrogen and oxygen atoms in total. The molecule has 6 heteroatoms. The molecule has 1 spiro atoms. The summed E-state index contributed by atoms with van der Waals surface area (Å²) in [5, 5.41) is 0. The summed E-state index contributed by atoms with van der Waals surface area (Å²) in [6, 6.07) is 5.33. The van der Waals surface area contributed by atoms with E-state index in [1.165, 1.54) is 0 Å². The summed E-state index contributed by atoms with van der Waals surface area (Å²) in [5.41, 5.74) is 0.995. The van der Waals surface area contributed by atoms with Gasteiger partial charge in [0.2, 0.25) is 0 Å². The minimum Gasteiger partial charge on any atom is -0.484 e. The Morgan fingerprint density at radius 2 is 2.05 bits per heavy atom. The lowest BCUT2D eigenvalue weighted by Crippen LogP contribution is -2.50. The molecule has 0 aromatic heterocycles. The van der Waals surface area contributed by atoms with E-state index in [4.69, 9.17) is 16.0 Å². The molecule has 0 bridgehead atoms. The second-order valence-corrected chi connectivity index (χ2v) is 7.93. The highest BCUT2D eigenvalue weighted by Gasteiger charge is 2.62. The third-order valence-electron chi connectivity index (χ3n) is 4.42. The first-order chi connectivity index (χ1) is 9.53. The van der Waals surface area contributed by atoms with Crippen LogP contribution in [0.25, 0.3) is 4.85 Å². The van der Waals surface area contributed by atoms with Crippen LogP contribution in [0.2, 0.25) is 0 Å². The molecule has 0 N–H and O–H groups in total. The van der Waals surface area contributed by atoms with Crippen LogP contribution < -0.4 is 4.74 Å². The predicted octanol–water partition coefficient (Wildman–Crippen LogP) is 2.02. The van der Waals surface area contributed by atoms with Crippen molar-refractivity contribution < 1.29 is 17.9 Å². The topological polar surface area (TPSA) is 60.3 Å². The fourth-order valence-electron chi connectivity index (χ4n) is 3.22. The lowest BCUT2D eigenvalue weighted by Gasteiger charge is -2.39. The summed E-state index contributed by atoms with van der Waals surface area (Å²) in [5.74, 6) is 1.06. The first-order valence-electron chi connectivity index (χ1n) is 6.59. The second-order valence-electron chi connectivity index (χ2n) is 5.63. The minimum absolute atomic E-state index is 0.0405. The molecule has 4 rings (SSSR count). The van der Waals surface area contributed by atoms with E-state index < -0.39 is 15.4 Å². The monoisotopic (exact) mass is 291 g/mol. The van der Waals surface area contributed by atoms with Crippen LogP contribution in [-0.4, -0.2) is 31.6 Å². The van der Waals surface area contributed by atoms with E-state index in [0.717, 1.165) is 11.3 Å². The van der Waals surface area contributed by atoms with Gasteiger partial charge in [-0.25, -0.2) is 13.3 Å². The molecule has 1 unspecified atom stereocenters. The smallest absolute Gasteiger partial charge is 0.187 e. The predicted molar refractivity (Wildman–Crippen MR) is 71.6 cm³/mol. The summed E-state index contributed by atoms with van der Waals surface area (Å²) >= 11 is 0. The zero-order chi connectivity index (χ0) is 14.0. The Morgan fingerprint density at radius 3 is 2.75 bits per heavy atom. The van der Waals surface area contributed by atoms with E-state index in [0.29, 0.717) is 18.5 Å². The molecular weight excluding hydrogens is 278 g/mol.